The molecule has 0 spiro atoms. The van der Waals surface area contributed by atoms with Gasteiger partial charge in [-0.15, -0.1) is 0 Å². The van der Waals surface area contributed by atoms with Crippen LogP contribution in [0.15, 0.2) is 127 Å². The molecular weight excluding hydrogens is 837 g/mol. The fourth-order valence-corrected chi connectivity index (χ4v) is 7.94. The van der Waals surface area contributed by atoms with Crippen molar-refractivity contribution in [2.24, 2.45) is 0 Å². The Morgan fingerprint density at radius 1 is 0.803 bits per heavy atom. The minimum atomic E-state index is -1.28. The second kappa shape index (κ2) is 18.0. The summed E-state index contributed by atoms with van der Waals surface area (Å²) in [5.41, 5.74) is 6.50. The number of aliphatic carboxylic acids is 1. The van der Waals surface area contributed by atoms with Gasteiger partial charge < -0.3 is 29.5 Å². The Kier molecular flexibility index (Phi) is 12.2. The third-order valence-electron chi connectivity index (χ3n) is 10.7. The number of hydrogen-bond donors (Lipinski definition) is 2. The Bertz CT molecular complexity index is 2670. The molecule has 10 nitrogen and oxygen atoms in total. The van der Waals surface area contributed by atoms with Gasteiger partial charge in [0.15, 0.2) is 17.6 Å². The van der Waals surface area contributed by atoms with Gasteiger partial charge >= 0.3 is 5.97 Å². The number of rotatable bonds is 11. The summed E-state index contributed by atoms with van der Waals surface area (Å²) >= 11 is 18.7. The molecule has 0 aliphatic carbocycles. The number of hydrogen-bond acceptors (Lipinski definition) is 7. The van der Waals surface area contributed by atoms with Crippen molar-refractivity contribution in [1.29, 1.82) is 5.26 Å². The van der Waals surface area contributed by atoms with Crippen LogP contribution in [-0.4, -0.2) is 46.5 Å². The standard InChI is InChI=1S/C48H36Cl3N3O7/c49-38-4-2-1-3-37(38)47(56)54-25-35-23-44-43(60-27-45(61-44)33-14-16-36(17-15-33)59-26-30-9-18-39(50)40(51)19-30)22-34(35)21-42(54)46(55)53-41(48(57)58)20-28-5-10-31(11-6-28)32-12-7-29(24-52)8-13-32/h1-19,22-23,41-42,45H,20-21,25-27H2,(H,53,55)(H,57,58). The van der Waals surface area contributed by atoms with E-state index in [2.05, 4.69) is 11.4 Å². The van der Waals surface area contributed by atoms with Gasteiger partial charge in [0.25, 0.3) is 5.91 Å². The lowest BCUT2D eigenvalue weighted by molar-refractivity contribution is -0.142. The molecule has 0 aromatic heterocycles. The number of ether oxygens (including phenoxy) is 3. The van der Waals surface area contributed by atoms with Crippen LogP contribution in [0, 0.1) is 11.3 Å². The summed E-state index contributed by atoms with van der Waals surface area (Å²) < 4.78 is 18.6. The first-order valence-electron chi connectivity index (χ1n) is 19.3. The number of nitriles is 1. The van der Waals surface area contributed by atoms with Gasteiger partial charge in [0.1, 0.15) is 31.0 Å². The highest BCUT2D eigenvalue weighted by molar-refractivity contribution is 6.42. The van der Waals surface area contributed by atoms with Crippen LogP contribution in [0.3, 0.4) is 0 Å². The molecule has 2 aliphatic heterocycles. The average Bonchev–Trinajstić information content (AvgIpc) is 3.28. The normalized spacial score (nSPS) is 15.8. The molecule has 61 heavy (non-hydrogen) atoms. The molecule has 0 saturated heterocycles. The van der Waals surface area contributed by atoms with E-state index >= 15 is 0 Å². The molecule has 306 valence electrons. The molecular formula is C48H36Cl3N3O7. The van der Waals surface area contributed by atoms with Crippen LogP contribution in [-0.2, 0) is 35.6 Å². The summed E-state index contributed by atoms with van der Waals surface area (Å²) in [6.07, 6.45) is -0.338. The average molecular weight is 873 g/mol. The van der Waals surface area contributed by atoms with Crippen molar-refractivity contribution in [3.63, 3.8) is 0 Å². The zero-order valence-corrected chi connectivity index (χ0v) is 34.6. The first-order chi connectivity index (χ1) is 29.5. The molecule has 8 rings (SSSR count). The maximum atomic E-state index is 14.2. The minimum absolute atomic E-state index is 0.00479. The molecule has 2 N–H and O–H groups in total. The number of carboxylic acid groups (broad SMARTS) is 1. The summed E-state index contributed by atoms with van der Waals surface area (Å²) in [6, 6.07) is 37.4. The first-order valence-corrected chi connectivity index (χ1v) is 20.5. The fraction of sp³-hybridized carbons (Fsp3) is 0.167. The number of halogens is 3. The van der Waals surface area contributed by atoms with Crippen LogP contribution in [0.5, 0.6) is 17.2 Å². The van der Waals surface area contributed by atoms with Crippen LogP contribution in [0.25, 0.3) is 11.1 Å². The highest BCUT2D eigenvalue weighted by Crippen LogP contribution is 2.41. The maximum Gasteiger partial charge on any atom is 0.326 e. The zero-order chi connectivity index (χ0) is 42.6. The Morgan fingerprint density at radius 3 is 2.18 bits per heavy atom. The molecule has 0 fully saturated rings. The number of carboxylic acids is 1. The topological polar surface area (TPSA) is 138 Å². The van der Waals surface area contributed by atoms with Gasteiger partial charge in [0, 0.05) is 19.4 Å². The predicted molar refractivity (Wildman–Crippen MR) is 231 cm³/mol. The van der Waals surface area contributed by atoms with Gasteiger partial charge in [-0.25, -0.2) is 4.79 Å². The summed E-state index contributed by atoms with van der Waals surface area (Å²) in [4.78, 5) is 42.4. The second-order valence-corrected chi connectivity index (χ2v) is 15.9. The first kappa shape index (κ1) is 41.2. The molecule has 6 aromatic carbocycles. The Morgan fingerprint density at radius 2 is 1.49 bits per heavy atom. The van der Waals surface area contributed by atoms with E-state index in [0.29, 0.717) is 45.0 Å². The van der Waals surface area contributed by atoms with Gasteiger partial charge in [-0.05, 0) is 99.6 Å². The predicted octanol–water partition coefficient (Wildman–Crippen LogP) is 9.66. The van der Waals surface area contributed by atoms with Crippen molar-refractivity contribution >= 4 is 52.6 Å². The molecule has 3 unspecified atom stereocenters. The highest BCUT2D eigenvalue weighted by Gasteiger charge is 2.38. The molecule has 0 saturated carbocycles. The van der Waals surface area contributed by atoms with Crippen molar-refractivity contribution < 1.29 is 33.7 Å². The number of fused-ring (bicyclic) bond motifs is 2. The molecule has 2 heterocycles. The number of nitrogens with zero attached hydrogens (tertiary/aromatic N) is 2. The Labute approximate surface area is 366 Å². The summed E-state index contributed by atoms with van der Waals surface area (Å²) in [5, 5.41) is 23.3. The number of amides is 2. The van der Waals surface area contributed by atoms with E-state index in [1.54, 1.807) is 60.7 Å². The van der Waals surface area contributed by atoms with Crippen molar-refractivity contribution in [2.45, 2.75) is 44.2 Å². The fourth-order valence-electron chi connectivity index (χ4n) is 7.40. The van der Waals surface area contributed by atoms with Crippen LogP contribution in [0.1, 0.15) is 49.8 Å². The van der Waals surface area contributed by atoms with Gasteiger partial charge in [-0.1, -0.05) is 102 Å². The minimum Gasteiger partial charge on any atom is -0.489 e. The molecule has 0 radical (unpaired) electrons. The van der Waals surface area contributed by atoms with Crippen molar-refractivity contribution in [1.82, 2.24) is 10.2 Å². The number of carbonyl (C=O) groups excluding carboxylic acids is 2. The van der Waals surface area contributed by atoms with E-state index < -0.39 is 36.0 Å². The molecule has 2 aliphatic rings. The van der Waals surface area contributed by atoms with Crippen molar-refractivity contribution in [3.8, 4) is 34.4 Å². The van der Waals surface area contributed by atoms with Gasteiger partial charge in [0.05, 0.1) is 32.3 Å². The van der Waals surface area contributed by atoms with E-state index in [-0.39, 0.29) is 36.6 Å². The van der Waals surface area contributed by atoms with E-state index in [4.69, 9.17) is 54.3 Å². The lowest BCUT2D eigenvalue weighted by Crippen LogP contribution is -2.56. The Balaban J connectivity index is 0.987. The summed E-state index contributed by atoms with van der Waals surface area (Å²) in [7, 11) is 0. The van der Waals surface area contributed by atoms with Crippen molar-refractivity contribution in [3.05, 3.63) is 181 Å². The van der Waals surface area contributed by atoms with Gasteiger partial charge in [-0.2, -0.15) is 5.26 Å². The third kappa shape index (κ3) is 9.30. The lowest BCUT2D eigenvalue weighted by atomic mass is 9.91. The number of benzene rings is 6. The lowest BCUT2D eigenvalue weighted by Gasteiger charge is -2.38. The molecule has 3 atom stereocenters. The molecule has 13 heteroatoms. The smallest absolute Gasteiger partial charge is 0.326 e. The zero-order valence-electron chi connectivity index (χ0n) is 32.3. The molecule has 2 amide bonds. The van der Waals surface area contributed by atoms with Gasteiger partial charge in [-0.3, -0.25) is 9.59 Å². The van der Waals surface area contributed by atoms with Crippen LogP contribution in [0.4, 0.5) is 0 Å². The quantitative estimate of drug-likeness (QED) is 0.131. The van der Waals surface area contributed by atoms with E-state index in [1.165, 1.54) is 4.90 Å². The SMILES string of the molecule is N#Cc1ccc(-c2ccc(CC(NC(=O)C3Cc4cc5c(cc4CN3C(=O)c3ccccc3Cl)OC(c3ccc(OCc4ccc(Cl)c(Cl)c4)cc3)CO5)C(=O)O)cc2)cc1. The Hall–Kier alpha value is -6.51. The second-order valence-electron chi connectivity index (χ2n) is 14.7. The van der Waals surface area contributed by atoms with Crippen LogP contribution >= 0.6 is 34.8 Å². The molecule has 0 bridgehead atoms. The highest BCUT2D eigenvalue weighted by atomic mass is 35.5. The summed E-state index contributed by atoms with van der Waals surface area (Å²) in [5.74, 6) is -0.673. The molecule has 6 aromatic rings. The van der Waals surface area contributed by atoms with Gasteiger partial charge in [0.2, 0.25) is 5.91 Å². The van der Waals surface area contributed by atoms with Crippen LogP contribution in [0.2, 0.25) is 15.1 Å². The van der Waals surface area contributed by atoms with E-state index in [9.17, 15) is 19.5 Å². The monoisotopic (exact) mass is 871 g/mol. The van der Waals surface area contributed by atoms with Crippen LogP contribution < -0.4 is 19.5 Å². The number of carbonyl (C=O) groups is 3. The number of nitrogens with one attached hydrogen (secondary N) is 1. The third-order valence-corrected chi connectivity index (χ3v) is 11.8. The van der Waals surface area contributed by atoms with E-state index in [0.717, 1.165) is 33.4 Å². The van der Waals surface area contributed by atoms with Crippen molar-refractivity contribution in [2.75, 3.05) is 6.61 Å². The largest absolute Gasteiger partial charge is 0.489 e. The summed E-state index contributed by atoms with van der Waals surface area (Å²) in [6.45, 7) is 0.566. The maximum absolute atomic E-state index is 14.2. The van der Waals surface area contributed by atoms with E-state index in [1.807, 2.05) is 66.7 Å².